The van der Waals surface area contributed by atoms with E-state index in [4.69, 9.17) is 5.73 Å². The van der Waals surface area contributed by atoms with Crippen LogP contribution in [0.3, 0.4) is 0 Å². The van der Waals surface area contributed by atoms with Gasteiger partial charge in [-0.2, -0.15) is 0 Å². The Morgan fingerprint density at radius 1 is 1.03 bits per heavy atom. The first-order valence-corrected chi connectivity index (χ1v) is 14.5. The zero-order valence-electron chi connectivity index (χ0n) is 23.5. The maximum absolute atomic E-state index is 13.9. The first-order chi connectivity index (χ1) is 18.3. The first kappa shape index (κ1) is 29.3. The van der Waals surface area contributed by atoms with Gasteiger partial charge in [0.05, 0.1) is 18.2 Å². The molecule has 3 saturated carbocycles. The van der Waals surface area contributed by atoms with Crippen LogP contribution in [0.15, 0.2) is 0 Å². The smallest absolute Gasteiger partial charge is 0.315 e. The number of carbonyl (C=O) groups excluding carboxylic acids is 5. The van der Waals surface area contributed by atoms with E-state index in [1.807, 2.05) is 20.8 Å². The summed E-state index contributed by atoms with van der Waals surface area (Å²) in [7, 11) is 0. The summed E-state index contributed by atoms with van der Waals surface area (Å²) in [4.78, 5) is 66.1. The molecule has 218 valence electrons. The summed E-state index contributed by atoms with van der Waals surface area (Å²) in [6.45, 7) is 5.79. The number of Topliss-reactive ketones (excluding diaryl/α,β-unsaturated/α-hetero) is 1. The number of aliphatic hydroxyl groups excluding tert-OH is 1. The molecular formula is C28H45N5O6. The normalized spacial score (nSPS) is 27.4. The molecule has 0 aromatic rings. The molecule has 3 aliphatic carbocycles. The minimum Gasteiger partial charge on any atom is -0.394 e. The molecular weight excluding hydrogens is 502 g/mol. The van der Waals surface area contributed by atoms with Gasteiger partial charge < -0.3 is 31.7 Å². The van der Waals surface area contributed by atoms with Crippen molar-refractivity contribution in [1.29, 1.82) is 0 Å². The van der Waals surface area contributed by atoms with Crippen molar-refractivity contribution < 1.29 is 29.1 Å². The fourth-order valence-electron chi connectivity index (χ4n) is 6.33. The fraction of sp³-hybridized carbons (Fsp3) is 0.821. The minimum absolute atomic E-state index is 0.0164. The quantitative estimate of drug-likeness (QED) is 0.201. The number of likely N-dealkylation sites (tertiary alicyclic amines) is 1. The second-order valence-corrected chi connectivity index (χ2v) is 13.3. The molecule has 5 amide bonds. The maximum atomic E-state index is 13.9. The summed E-state index contributed by atoms with van der Waals surface area (Å²) in [6, 6.07) is -3.19. The Bertz CT molecular complexity index is 981. The Kier molecular flexibility index (Phi) is 8.58. The van der Waals surface area contributed by atoms with E-state index in [1.165, 1.54) is 4.90 Å². The lowest BCUT2D eigenvalue weighted by molar-refractivity contribution is -0.144. The van der Waals surface area contributed by atoms with Gasteiger partial charge in [0.2, 0.25) is 17.6 Å². The SMILES string of the molecule is CC(C)(C)C(NC(=O)NC1(CO)CCCCCC1)C(=O)N1C[C@@H]2C[C@@H]2C1C(=O)NC(CC1CC1)C(=O)C(N)=O. The highest BCUT2D eigenvalue weighted by molar-refractivity contribution is 6.37. The van der Waals surface area contributed by atoms with Gasteiger partial charge in [-0.15, -0.1) is 0 Å². The number of fused-ring (bicyclic) bond motifs is 1. The van der Waals surface area contributed by atoms with Crippen molar-refractivity contribution in [3.8, 4) is 0 Å². The largest absolute Gasteiger partial charge is 0.394 e. The molecule has 0 bridgehead atoms. The summed E-state index contributed by atoms with van der Waals surface area (Å²) in [5.74, 6) is -2.26. The van der Waals surface area contributed by atoms with E-state index in [9.17, 15) is 29.1 Å². The predicted molar refractivity (Wildman–Crippen MR) is 143 cm³/mol. The number of rotatable bonds is 10. The van der Waals surface area contributed by atoms with E-state index in [2.05, 4.69) is 16.0 Å². The van der Waals surface area contributed by atoms with Gasteiger partial charge in [0.15, 0.2) is 0 Å². The van der Waals surface area contributed by atoms with Crippen molar-refractivity contribution in [2.45, 2.75) is 109 Å². The number of aliphatic hydroxyl groups is 1. The molecule has 0 spiro atoms. The lowest BCUT2D eigenvalue weighted by Gasteiger charge is -2.38. The fourth-order valence-corrected chi connectivity index (χ4v) is 6.33. The van der Waals surface area contributed by atoms with Crippen LogP contribution in [0.2, 0.25) is 0 Å². The van der Waals surface area contributed by atoms with Crippen molar-refractivity contribution in [3.05, 3.63) is 0 Å². The number of piperidine rings is 1. The van der Waals surface area contributed by atoms with Gasteiger partial charge >= 0.3 is 6.03 Å². The van der Waals surface area contributed by atoms with Crippen LogP contribution in [0.4, 0.5) is 4.79 Å². The number of hydrogen-bond acceptors (Lipinski definition) is 6. The molecule has 1 heterocycles. The van der Waals surface area contributed by atoms with E-state index < -0.39 is 52.7 Å². The average molecular weight is 548 g/mol. The summed E-state index contributed by atoms with van der Waals surface area (Å²) in [5.41, 5.74) is 3.86. The molecule has 11 heteroatoms. The standard InChI is InChI=1S/C28H45N5O6/c1-27(2,3)22(31-26(39)32-28(15-34)10-6-4-5-7-11-28)25(38)33-14-17-13-18(17)20(33)24(37)30-19(12-16-8-9-16)21(35)23(29)36/h16-20,22,34H,4-15H2,1-3H3,(H2,29,36)(H,30,37)(H2,31,32,39)/t17-,18-,19?,20?,22?/m0/s1. The van der Waals surface area contributed by atoms with E-state index >= 15 is 0 Å². The molecule has 39 heavy (non-hydrogen) atoms. The van der Waals surface area contributed by atoms with Gasteiger partial charge in [-0.1, -0.05) is 59.3 Å². The number of ketones is 1. The number of primary amides is 1. The number of amides is 5. The first-order valence-electron chi connectivity index (χ1n) is 14.5. The van der Waals surface area contributed by atoms with Crippen LogP contribution in [0.25, 0.3) is 0 Å². The number of nitrogens with zero attached hydrogens (tertiary/aromatic N) is 1. The zero-order valence-corrected chi connectivity index (χ0v) is 23.5. The highest BCUT2D eigenvalue weighted by Crippen LogP contribution is 2.50. The van der Waals surface area contributed by atoms with Gasteiger partial charge in [-0.05, 0) is 48.9 Å². The molecule has 5 atom stereocenters. The second-order valence-electron chi connectivity index (χ2n) is 13.3. The zero-order chi connectivity index (χ0) is 28.5. The van der Waals surface area contributed by atoms with Gasteiger partial charge in [0.25, 0.3) is 5.91 Å². The van der Waals surface area contributed by atoms with Gasteiger partial charge in [-0.3, -0.25) is 19.2 Å². The second kappa shape index (κ2) is 11.4. The Morgan fingerprint density at radius 3 is 2.21 bits per heavy atom. The third kappa shape index (κ3) is 6.91. The van der Waals surface area contributed by atoms with E-state index in [1.54, 1.807) is 0 Å². The number of urea groups is 1. The molecule has 11 nitrogen and oxygen atoms in total. The molecule has 6 N–H and O–H groups in total. The number of carbonyl (C=O) groups is 5. The lowest BCUT2D eigenvalue weighted by atomic mass is 9.85. The monoisotopic (exact) mass is 547 g/mol. The van der Waals surface area contributed by atoms with E-state index in [0.717, 1.165) is 44.9 Å². The van der Waals surface area contributed by atoms with Crippen LogP contribution in [0.5, 0.6) is 0 Å². The number of nitrogens with two attached hydrogens (primary N) is 1. The molecule has 1 saturated heterocycles. The third-order valence-electron chi connectivity index (χ3n) is 8.97. The highest BCUT2D eigenvalue weighted by atomic mass is 16.3. The van der Waals surface area contributed by atoms with E-state index in [0.29, 0.717) is 25.8 Å². The number of nitrogens with one attached hydrogen (secondary N) is 3. The van der Waals surface area contributed by atoms with Crippen molar-refractivity contribution in [3.63, 3.8) is 0 Å². The van der Waals surface area contributed by atoms with Gasteiger partial charge in [0.1, 0.15) is 12.1 Å². The summed E-state index contributed by atoms with van der Waals surface area (Å²) >= 11 is 0. The van der Waals surface area contributed by atoms with E-state index in [-0.39, 0.29) is 30.3 Å². The van der Waals surface area contributed by atoms with Crippen LogP contribution in [0.1, 0.15) is 85.0 Å². The Morgan fingerprint density at radius 2 is 1.67 bits per heavy atom. The van der Waals surface area contributed by atoms with Crippen LogP contribution >= 0.6 is 0 Å². The summed E-state index contributed by atoms with van der Waals surface area (Å²) in [6.07, 6.45) is 8.34. The third-order valence-corrected chi connectivity index (χ3v) is 8.97. The molecule has 0 radical (unpaired) electrons. The molecule has 4 aliphatic rings. The summed E-state index contributed by atoms with van der Waals surface area (Å²) in [5, 5.41) is 18.7. The van der Waals surface area contributed by atoms with Crippen LogP contribution in [-0.2, 0) is 19.2 Å². The molecule has 4 fully saturated rings. The van der Waals surface area contributed by atoms with Crippen molar-refractivity contribution in [2.75, 3.05) is 13.2 Å². The lowest BCUT2D eigenvalue weighted by Crippen LogP contribution is -2.63. The Hall–Kier alpha value is -2.69. The van der Waals surface area contributed by atoms with Gasteiger partial charge in [-0.25, -0.2) is 4.79 Å². The van der Waals surface area contributed by atoms with Crippen molar-refractivity contribution >= 4 is 29.5 Å². The maximum Gasteiger partial charge on any atom is 0.315 e. The average Bonchev–Trinajstić information content (AvgIpc) is 3.80. The Balaban J connectivity index is 1.47. The predicted octanol–water partition coefficient (Wildman–Crippen LogP) is 0.972. The minimum atomic E-state index is -1.08. The molecule has 1 aliphatic heterocycles. The van der Waals surface area contributed by atoms with Gasteiger partial charge in [0, 0.05) is 6.54 Å². The van der Waals surface area contributed by atoms with Crippen molar-refractivity contribution in [1.82, 2.24) is 20.9 Å². The number of hydrogen-bond donors (Lipinski definition) is 5. The van der Waals surface area contributed by atoms with Crippen LogP contribution in [-0.4, -0.2) is 76.4 Å². The molecule has 0 aromatic carbocycles. The summed E-state index contributed by atoms with van der Waals surface area (Å²) < 4.78 is 0. The van der Waals surface area contributed by atoms with Crippen LogP contribution < -0.4 is 21.7 Å². The highest BCUT2D eigenvalue weighted by Gasteiger charge is 2.58. The topological polar surface area (TPSA) is 171 Å². The molecule has 3 unspecified atom stereocenters. The molecule has 4 rings (SSSR count). The molecule has 0 aromatic heterocycles. The Labute approximate surface area is 230 Å². The van der Waals surface area contributed by atoms with Crippen LogP contribution in [0, 0.1) is 23.2 Å². The van der Waals surface area contributed by atoms with Crippen molar-refractivity contribution in [2.24, 2.45) is 28.9 Å².